The fraction of sp³-hybridized carbons (Fsp3) is 0.588. The molecular weight excluding hydrogens is 378 g/mol. The predicted octanol–water partition coefficient (Wildman–Crippen LogP) is 1.94. The van der Waals surface area contributed by atoms with Crippen LogP contribution in [0.4, 0.5) is 0 Å². The molecule has 0 aromatic heterocycles. The van der Waals surface area contributed by atoms with E-state index >= 15 is 0 Å². The Kier molecular flexibility index (Phi) is 10.2. The lowest BCUT2D eigenvalue weighted by Crippen LogP contribution is -2.49. The number of methoxy groups -OCH3 is 1. The van der Waals surface area contributed by atoms with Crippen molar-refractivity contribution in [1.82, 2.24) is 10.0 Å². The Labute approximate surface area is 162 Å². The molecule has 1 aromatic rings. The van der Waals surface area contributed by atoms with Gasteiger partial charge in [0.2, 0.25) is 15.9 Å². The van der Waals surface area contributed by atoms with Crippen molar-refractivity contribution in [2.24, 2.45) is 5.73 Å². The maximum Gasteiger partial charge on any atom is 0.240 e. The number of sulfonamides is 1. The highest BCUT2D eigenvalue weighted by atomic mass is 35.5. The molecule has 0 saturated carbocycles. The molecule has 0 fully saturated rings. The van der Waals surface area contributed by atoms with Crippen molar-refractivity contribution >= 4 is 28.3 Å². The van der Waals surface area contributed by atoms with Crippen LogP contribution in [0.25, 0.3) is 0 Å². The van der Waals surface area contributed by atoms with Crippen molar-refractivity contribution in [3.05, 3.63) is 23.8 Å². The average Bonchev–Trinajstić information content (AvgIpc) is 2.63. The molecule has 0 heterocycles. The summed E-state index contributed by atoms with van der Waals surface area (Å²) in [6.45, 7) is 5.97. The first-order valence-electron chi connectivity index (χ1n) is 8.43. The zero-order valence-corrected chi connectivity index (χ0v) is 17.4. The van der Waals surface area contributed by atoms with Crippen molar-refractivity contribution in [2.45, 2.75) is 57.0 Å². The number of nitrogens with one attached hydrogen (secondary N) is 2. The van der Waals surface area contributed by atoms with Gasteiger partial charge < -0.3 is 15.8 Å². The zero-order valence-electron chi connectivity index (χ0n) is 15.8. The van der Waals surface area contributed by atoms with Gasteiger partial charge in [0.1, 0.15) is 5.75 Å². The maximum atomic E-state index is 12.6. The minimum atomic E-state index is -3.70. The highest BCUT2D eigenvalue weighted by molar-refractivity contribution is 7.89. The van der Waals surface area contributed by atoms with Gasteiger partial charge in [0.05, 0.1) is 12.0 Å². The molecule has 0 saturated heterocycles. The van der Waals surface area contributed by atoms with Gasteiger partial charge in [-0.2, -0.15) is 0 Å². The number of hydrogen-bond donors (Lipinski definition) is 3. The lowest BCUT2D eigenvalue weighted by atomic mass is 9.95. The fourth-order valence-electron chi connectivity index (χ4n) is 2.20. The predicted molar refractivity (Wildman–Crippen MR) is 105 cm³/mol. The van der Waals surface area contributed by atoms with Gasteiger partial charge in [-0.15, -0.1) is 12.4 Å². The van der Waals surface area contributed by atoms with E-state index in [2.05, 4.69) is 10.0 Å². The van der Waals surface area contributed by atoms with Gasteiger partial charge >= 0.3 is 0 Å². The van der Waals surface area contributed by atoms with Gasteiger partial charge in [0.25, 0.3) is 0 Å². The van der Waals surface area contributed by atoms with Gasteiger partial charge in [-0.1, -0.05) is 20.8 Å². The Bertz CT molecular complexity index is 691. The lowest BCUT2D eigenvalue weighted by Gasteiger charge is -2.26. The number of carbonyl (C=O) groups excluding carboxylic acids is 1. The summed E-state index contributed by atoms with van der Waals surface area (Å²) in [7, 11) is -2.21. The number of nitrogens with two attached hydrogens (primary N) is 1. The molecule has 0 aliphatic heterocycles. The van der Waals surface area contributed by atoms with Gasteiger partial charge in [-0.3, -0.25) is 4.79 Å². The van der Waals surface area contributed by atoms with E-state index in [1.54, 1.807) is 13.0 Å². The lowest BCUT2D eigenvalue weighted by molar-refractivity contribution is -0.120. The number of ether oxygens (including phenoxy) is 1. The molecule has 0 spiro atoms. The van der Waals surface area contributed by atoms with Gasteiger partial charge in [-0.05, 0) is 31.0 Å². The van der Waals surface area contributed by atoms with E-state index in [9.17, 15) is 13.2 Å². The summed E-state index contributed by atoms with van der Waals surface area (Å²) in [5.41, 5.74) is 6.18. The largest absolute Gasteiger partial charge is 0.496 e. The minimum absolute atomic E-state index is 0. The molecule has 0 radical (unpaired) electrons. The molecule has 0 aliphatic rings. The normalized spacial score (nSPS) is 11.6. The van der Waals surface area contributed by atoms with Crippen LogP contribution in [0.3, 0.4) is 0 Å². The number of carbonyl (C=O) groups is 1. The summed E-state index contributed by atoms with van der Waals surface area (Å²) in [5, 5.41) is 2.72. The van der Waals surface area contributed by atoms with Crippen molar-refractivity contribution in [1.29, 1.82) is 0 Å². The smallest absolute Gasteiger partial charge is 0.240 e. The van der Waals surface area contributed by atoms with Crippen LogP contribution in [0, 0.1) is 0 Å². The maximum absolute atomic E-state index is 12.6. The second-order valence-electron chi connectivity index (χ2n) is 6.00. The Morgan fingerprint density at radius 1 is 1.23 bits per heavy atom. The third-order valence-corrected chi connectivity index (χ3v) is 5.78. The molecule has 0 atom stereocenters. The van der Waals surface area contributed by atoms with Crippen molar-refractivity contribution in [3.8, 4) is 5.75 Å². The van der Waals surface area contributed by atoms with E-state index in [4.69, 9.17) is 10.5 Å². The quantitative estimate of drug-likeness (QED) is 0.548. The van der Waals surface area contributed by atoms with Gasteiger partial charge in [0.15, 0.2) is 0 Å². The second kappa shape index (κ2) is 10.7. The summed E-state index contributed by atoms with van der Waals surface area (Å²) in [6.07, 6.45) is 1.69. The average molecular weight is 408 g/mol. The Morgan fingerprint density at radius 2 is 1.85 bits per heavy atom. The van der Waals surface area contributed by atoms with Crippen LogP contribution >= 0.6 is 12.4 Å². The molecule has 7 nitrogen and oxygen atoms in total. The summed E-state index contributed by atoms with van der Waals surface area (Å²) in [4.78, 5) is 11.6. The summed E-state index contributed by atoms with van der Waals surface area (Å²) in [5.74, 6) is 0.401. The van der Waals surface area contributed by atoms with Crippen LogP contribution < -0.4 is 20.5 Å². The monoisotopic (exact) mass is 407 g/mol. The molecule has 26 heavy (non-hydrogen) atoms. The van der Waals surface area contributed by atoms with E-state index in [0.717, 1.165) is 0 Å². The molecule has 0 unspecified atom stereocenters. The Morgan fingerprint density at radius 3 is 2.35 bits per heavy atom. The highest BCUT2D eigenvalue weighted by Crippen LogP contribution is 2.23. The van der Waals surface area contributed by atoms with E-state index < -0.39 is 15.6 Å². The Balaban J connectivity index is 0.00000625. The highest BCUT2D eigenvalue weighted by Gasteiger charge is 2.24. The number of amides is 1. The number of hydrogen-bond acceptors (Lipinski definition) is 5. The molecular formula is C17H30ClN3O4S. The van der Waals surface area contributed by atoms with E-state index in [1.807, 2.05) is 13.8 Å². The molecule has 0 aliphatic carbocycles. The molecule has 4 N–H and O–H groups in total. The summed E-state index contributed by atoms with van der Waals surface area (Å²) < 4.78 is 32.9. The molecule has 1 rings (SSSR count). The van der Waals surface area contributed by atoms with E-state index in [1.165, 1.54) is 19.2 Å². The third kappa shape index (κ3) is 6.75. The standard InChI is InChI=1S/C17H29N3O4S.ClH/c1-5-16(21)19-11-13-10-14(8-9-15(13)24-4)25(22,23)20-12-17(18,6-2)7-3;/h8-10,20H,5-7,11-12,18H2,1-4H3,(H,19,21);1H. The first-order chi connectivity index (χ1) is 11.7. The first kappa shape index (κ1) is 24.7. The fourth-order valence-corrected chi connectivity index (χ4v) is 3.39. The molecule has 0 bridgehead atoms. The summed E-state index contributed by atoms with van der Waals surface area (Å²) in [6, 6.07) is 4.56. The zero-order chi connectivity index (χ0) is 19.1. The minimum Gasteiger partial charge on any atom is -0.496 e. The molecule has 1 aromatic carbocycles. The topological polar surface area (TPSA) is 111 Å². The van der Waals surface area contributed by atoms with Crippen LogP contribution in [0.5, 0.6) is 5.75 Å². The van der Waals surface area contributed by atoms with Gasteiger partial charge in [0, 0.05) is 30.6 Å². The first-order valence-corrected chi connectivity index (χ1v) is 9.91. The van der Waals surface area contributed by atoms with Crippen LogP contribution in [0.1, 0.15) is 45.6 Å². The van der Waals surface area contributed by atoms with Crippen molar-refractivity contribution < 1.29 is 17.9 Å². The third-order valence-electron chi connectivity index (χ3n) is 4.38. The Hall–Kier alpha value is -1.35. The number of halogens is 1. The molecule has 9 heteroatoms. The van der Waals surface area contributed by atoms with Gasteiger partial charge in [-0.25, -0.2) is 13.1 Å². The van der Waals surface area contributed by atoms with Crippen LogP contribution in [0.15, 0.2) is 23.1 Å². The van der Waals surface area contributed by atoms with E-state index in [-0.39, 0.29) is 36.3 Å². The second-order valence-corrected chi connectivity index (χ2v) is 7.76. The van der Waals surface area contributed by atoms with Crippen molar-refractivity contribution in [3.63, 3.8) is 0 Å². The van der Waals surface area contributed by atoms with Crippen molar-refractivity contribution in [2.75, 3.05) is 13.7 Å². The van der Waals surface area contributed by atoms with E-state index in [0.29, 0.717) is 30.6 Å². The van der Waals surface area contributed by atoms with Crippen LogP contribution in [-0.4, -0.2) is 33.5 Å². The SMILES string of the molecule is CCC(=O)NCc1cc(S(=O)(=O)NCC(N)(CC)CC)ccc1OC.Cl. The number of benzene rings is 1. The summed E-state index contributed by atoms with van der Waals surface area (Å²) >= 11 is 0. The number of rotatable bonds is 10. The van der Waals surface area contributed by atoms with Crippen LogP contribution in [0.2, 0.25) is 0 Å². The van der Waals surface area contributed by atoms with Crippen LogP contribution in [-0.2, 0) is 21.4 Å². The molecule has 1 amide bonds. The molecule has 150 valence electrons.